The van der Waals surface area contributed by atoms with Crippen LogP contribution in [-0.4, -0.2) is 28.1 Å². The van der Waals surface area contributed by atoms with Crippen LogP contribution in [0.3, 0.4) is 0 Å². The van der Waals surface area contributed by atoms with Gasteiger partial charge in [-0.25, -0.2) is 4.79 Å². The molecule has 5 nitrogen and oxygen atoms in total. The van der Waals surface area contributed by atoms with Crippen molar-refractivity contribution in [2.75, 3.05) is 0 Å². The van der Waals surface area contributed by atoms with Crippen LogP contribution < -0.4 is 11.1 Å². The predicted octanol–water partition coefficient (Wildman–Crippen LogP) is 0.627. The Morgan fingerprint density at radius 1 is 1.50 bits per heavy atom. The Bertz CT molecular complexity index is 300. The molecule has 1 fully saturated rings. The molecule has 0 heterocycles. The van der Waals surface area contributed by atoms with Gasteiger partial charge < -0.3 is 16.2 Å². The van der Waals surface area contributed by atoms with E-state index in [-0.39, 0.29) is 5.91 Å². The van der Waals surface area contributed by atoms with Crippen molar-refractivity contribution in [3.8, 4) is 0 Å². The molecule has 0 radical (unpaired) electrons. The first kappa shape index (κ1) is 13.0. The largest absolute Gasteiger partial charge is 0.480 e. The van der Waals surface area contributed by atoms with Gasteiger partial charge in [0.1, 0.15) is 5.54 Å². The second-order valence-electron chi connectivity index (χ2n) is 4.85. The molecule has 16 heavy (non-hydrogen) atoms. The molecule has 1 atom stereocenters. The number of hydrogen-bond donors (Lipinski definition) is 3. The van der Waals surface area contributed by atoms with Crippen molar-refractivity contribution in [2.24, 2.45) is 5.73 Å². The lowest BCUT2D eigenvalue weighted by Crippen LogP contribution is -2.64. The molecule has 0 spiro atoms. The third-order valence-corrected chi connectivity index (χ3v) is 3.31. The number of amides is 1. The molecular formula is C11H20N2O3. The molecule has 1 aliphatic carbocycles. The standard InChI is InChI=1S/C11H20N2O3/c1-3-5-10(2,9(15)16)13-8(14)11(12)6-4-7-11/h3-7,12H2,1-2H3,(H,13,14)(H,15,16). The van der Waals surface area contributed by atoms with Crippen LogP contribution in [0.4, 0.5) is 0 Å². The van der Waals surface area contributed by atoms with Crippen molar-refractivity contribution >= 4 is 11.9 Å². The van der Waals surface area contributed by atoms with Gasteiger partial charge in [0.25, 0.3) is 0 Å². The minimum absolute atomic E-state index is 0.336. The lowest BCUT2D eigenvalue weighted by Gasteiger charge is -2.39. The lowest BCUT2D eigenvalue weighted by atomic mass is 9.76. The van der Waals surface area contributed by atoms with Gasteiger partial charge in [-0.05, 0) is 32.6 Å². The summed E-state index contributed by atoms with van der Waals surface area (Å²) in [6.07, 6.45) is 3.31. The van der Waals surface area contributed by atoms with Crippen molar-refractivity contribution in [3.63, 3.8) is 0 Å². The van der Waals surface area contributed by atoms with E-state index in [4.69, 9.17) is 10.8 Å². The zero-order valence-electron chi connectivity index (χ0n) is 9.88. The maximum atomic E-state index is 11.8. The molecule has 5 heteroatoms. The highest BCUT2D eigenvalue weighted by atomic mass is 16.4. The zero-order valence-corrected chi connectivity index (χ0v) is 9.88. The molecule has 0 aliphatic heterocycles. The summed E-state index contributed by atoms with van der Waals surface area (Å²) in [7, 11) is 0. The highest BCUT2D eigenvalue weighted by molar-refractivity contribution is 5.92. The summed E-state index contributed by atoms with van der Waals surface area (Å²) in [5.41, 5.74) is 3.80. The number of hydrogen-bond acceptors (Lipinski definition) is 3. The molecule has 0 bridgehead atoms. The number of carboxylic acid groups (broad SMARTS) is 1. The Kier molecular flexibility index (Phi) is 3.57. The fourth-order valence-electron chi connectivity index (χ4n) is 1.88. The van der Waals surface area contributed by atoms with E-state index in [1.165, 1.54) is 6.92 Å². The quantitative estimate of drug-likeness (QED) is 0.643. The van der Waals surface area contributed by atoms with Crippen LogP contribution in [0.25, 0.3) is 0 Å². The van der Waals surface area contributed by atoms with Crippen LogP contribution >= 0.6 is 0 Å². The number of carbonyl (C=O) groups is 2. The Morgan fingerprint density at radius 2 is 2.06 bits per heavy atom. The fraction of sp³-hybridized carbons (Fsp3) is 0.818. The third kappa shape index (κ3) is 2.35. The zero-order chi connectivity index (χ0) is 12.4. The maximum Gasteiger partial charge on any atom is 0.329 e. The van der Waals surface area contributed by atoms with Crippen LogP contribution in [0.5, 0.6) is 0 Å². The SMILES string of the molecule is CCCC(C)(NC(=O)C1(N)CCC1)C(=O)O. The number of nitrogens with one attached hydrogen (secondary N) is 1. The Balaban J connectivity index is 2.68. The van der Waals surface area contributed by atoms with Gasteiger partial charge in [0.05, 0.1) is 5.54 Å². The van der Waals surface area contributed by atoms with E-state index in [9.17, 15) is 9.59 Å². The van der Waals surface area contributed by atoms with Crippen LogP contribution in [0.1, 0.15) is 46.0 Å². The van der Waals surface area contributed by atoms with E-state index in [1.54, 1.807) is 0 Å². The number of aliphatic carboxylic acids is 1. The van der Waals surface area contributed by atoms with Crippen molar-refractivity contribution in [1.82, 2.24) is 5.32 Å². The molecule has 1 saturated carbocycles. The number of rotatable bonds is 5. The topological polar surface area (TPSA) is 92.4 Å². The summed E-state index contributed by atoms with van der Waals surface area (Å²) >= 11 is 0. The Labute approximate surface area is 95.4 Å². The number of carbonyl (C=O) groups excluding carboxylic acids is 1. The van der Waals surface area contributed by atoms with Crippen LogP contribution in [0, 0.1) is 0 Å². The molecular weight excluding hydrogens is 208 g/mol. The third-order valence-electron chi connectivity index (χ3n) is 3.31. The first-order valence-electron chi connectivity index (χ1n) is 5.69. The normalized spacial score (nSPS) is 21.7. The van der Waals surface area contributed by atoms with Crippen molar-refractivity contribution in [3.05, 3.63) is 0 Å². The number of carboxylic acids is 1. The average molecular weight is 228 g/mol. The van der Waals surface area contributed by atoms with Gasteiger partial charge in [-0.3, -0.25) is 4.79 Å². The van der Waals surface area contributed by atoms with Gasteiger partial charge in [-0.15, -0.1) is 0 Å². The summed E-state index contributed by atoms with van der Waals surface area (Å²) in [5.74, 6) is -1.34. The number of nitrogens with two attached hydrogens (primary N) is 1. The second kappa shape index (κ2) is 4.41. The maximum absolute atomic E-state index is 11.8. The highest BCUT2D eigenvalue weighted by Gasteiger charge is 2.44. The van der Waals surface area contributed by atoms with Gasteiger partial charge in [0, 0.05) is 0 Å². The van der Waals surface area contributed by atoms with E-state index < -0.39 is 17.0 Å². The van der Waals surface area contributed by atoms with Crippen LogP contribution in [0.15, 0.2) is 0 Å². The van der Waals surface area contributed by atoms with Gasteiger partial charge in [-0.1, -0.05) is 13.3 Å². The van der Waals surface area contributed by atoms with Gasteiger partial charge in [0.2, 0.25) is 5.91 Å². The minimum atomic E-state index is -1.20. The molecule has 4 N–H and O–H groups in total. The van der Waals surface area contributed by atoms with Crippen molar-refractivity contribution < 1.29 is 14.7 Å². The van der Waals surface area contributed by atoms with Crippen LogP contribution in [-0.2, 0) is 9.59 Å². The van der Waals surface area contributed by atoms with Gasteiger partial charge >= 0.3 is 5.97 Å². The van der Waals surface area contributed by atoms with E-state index in [0.717, 1.165) is 6.42 Å². The van der Waals surface area contributed by atoms with Gasteiger partial charge in [0.15, 0.2) is 0 Å². The molecule has 1 rings (SSSR count). The van der Waals surface area contributed by atoms with E-state index in [1.807, 2.05) is 6.92 Å². The lowest BCUT2D eigenvalue weighted by molar-refractivity contribution is -0.148. The smallest absolute Gasteiger partial charge is 0.329 e. The molecule has 0 aromatic carbocycles. The van der Waals surface area contributed by atoms with Gasteiger partial charge in [-0.2, -0.15) is 0 Å². The van der Waals surface area contributed by atoms with E-state index in [0.29, 0.717) is 25.7 Å². The average Bonchev–Trinajstić information content (AvgIpc) is 2.14. The monoisotopic (exact) mass is 228 g/mol. The minimum Gasteiger partial charge on any atom is -0.480 e. The Morgan fingerprint density at radius 3 is 2.38 bits per heavy atom. The fourth-order valence-corrected chi connectivity index (χ4v) is 1.88. The molecule has 0 aromatic rings. The summed E-state index contributed by atoms with van der Waals surface area (Å²) in [5, 5.41) is 11.7. The first-order valence-corrected chi connectivity index (χ1v) is 5.69. The molecule has 0 aromatic heterocycles. The molecule has 0 saturated heterocycles. The van der Waals surface area contributed by atoms with E-state index >= 15 is 0 Å². The molecule has 1 amide bonds. The van der Waals surface area contributed by atoms with Crippen molar-refractivity contribution in [1.29, 1.82) is 0 Å². The molecule has 1 aliphatic rings. The first-order chi connectivity index (χ1) is 7.34. The molecule has 1 unspecified atom stereocenters. The van der Waals surface area contributed by atoms with Crippen LogP contribution in [0.2, 0.25) is 0 Å². The van der Waals surface area contributed by atoms with E-state index in [2.05, 4.69) is 5.32 Å². The summed E-state index contributed by atoms with van der Waals surface area (Å²) < 4.78 is 0. The highest BCUT2D eigenvalue weighted by Crippen LogP contribution is 2.30. The second-order valence-corrected chi connectivity index (χ2v) is 4.85. The summed E-state index contributed by atoms with van der Waals surface area (Å²) in [6, 6.07) is 0. The van der Waals surface area contributed by atoms with Crippen molar-refractivity contribution in [2.45, 2.75) is 57.0 Å². The molecule has 92 valence electrons. The Hall–Kier alpha value is -1.10. The summed E-state index contributed by atoms with van der Waals surface area (Å²) in [4.78, 5) is 23.0. The predicted molar refractivity (Wildman–Crippen MR) is 59.9 cm³/mol. The summed E-state index contributed by atoms with van der Waals surface area (Å²) in [6.45, 7) is 3.41.